The summed E-state index contributed by atoms with van der Waals surface area (Å²) in [5.41, 5.74) is 0. The zero-order chi connectivity index (χ0) is 6.69. The van der Waals surface area contributed by atoms with Crippen molar-refractivity contribution in [1.29, 1.82) is 0 Å². The smallest absolute Gasteiger partial charge is 0.0798 e. The third-order valence-corrected chi connectivity index (χ3v) is 1.49. The zero-order valence-corrected chi connectivity index (χ0v) is 5.42. The Morgan fingerprint density at radius 1 is 1.78 bits per heavy atom. The van der Waals surface area contributed by atoms with E-state index in [4.69, 9.17) is 9.84 Å². The summed E-state index contributed by atoms with van der Waals surface area (Å²) in [4.78, 5) is 0. The number of aliphatic hydroxyl groups is 1. The Morgan fingerprint density at radius 2 is 2.56 bits per heavy atom. The van der Waals surface area contributed by atoms with Crippen LogP contribution in [0.4, 0.5) is 0 Å². The average Bonchev–Trinajstić information content (AvgIpc) is 2.17. The monoisotopic (exact) mass is 128 g/mol. The number of ether oxygens (including phenoxy) is 1. The fraction of sp³-hybridized carbons (Fsp3) is 0.714. The Kier molecular flexibility index (Phi) is 2.25. The van der Waals surface area contributed by atoms with Crippen LogP contribution >= 0.6 is 0 Å². The standard InChI is InChI=1S/C7H12O2/c1-2-3-7-4-6(8)5-9-7/h2,6-8H,1,3-5H2/t6-,7-/m0/s1. The molecular weight excluding hydrogens is 116 g/mol. The normalized spacial score (nSPS) is 34.8. The van der Waals surface area contributed by atoms with Gasteiger partial charge in [0.25, 0.3) is 0 Å². The molecule has 9 heavy (non-hydrogen) atoms. The molecule has 1 saturated heterocycles. The van der Waals surface area contributed by atoms with Crippen molar-refractivity contribution in [3.63, 3.8) is 0 Å². The van der Waals surface area contributed by atoms with Gasteiger partial charge in [-0.3, -0.25) is 0 Å². The summed E-state index contributed by atoms with van der Waals surface area (Å²) in [6.07, 6.45) is 3.43. The van der Waals surface area contributed by atoms with Crippen molar-refractivity contribution in [2.24, 2.45) is 0 Å². The Bertz CT molecular complexity index is 101. The summed E-state index contributed by atoms with van der Waals surface area (Å²) in [7, 11) is 0. The van der Waals surface area contributed by atoms with Crippen LogP contribution in [0.15, 0.2) is 12.7 Å². The minimum absolute atomic E-state index is 0.220. The third-order valence-electron chi connectivity index (χ3n) is 1.49. The fourth-order valence-corrected chi connectivity index (χ4v) is 1.04. The molecule has 1 rings (SSSR count). The van der Waals surface area contributed by atoms with Gasteiger partial charge in [0.2, 0.25) is 0 Å². The quantitative estimate of drug-likeness (QED) is 0.555. The minimum atomic E-state index is -0.241. The van der Waals surface area contributed by atoms with Crippen LogP contribution in [0, 0.1) is 0 Å². The van der Waals surface area contributed by atoms with E-state index in [-0.39, 0.29) is 12.2 Å². The number of hydrogen-bond donors (Lipinski definition) is 1. The van der Waals surface area contributed by atoms with Gasteiger partial charge in [0.05, 0.1) is 18.8 Å². The molecule has 1 fully saturated rings. The molecule has 1 N–H and O–H groups in total. The second-order valence-electron chi connectivity index (χ2n) is 2.37. The van der Waals surface area contributed by atoms with Gasteiger partial charge in [-0.05, 0) is 6.42 Å². The largest absolute Gasteiger partial charge is 0.391 e. The fourth-order valence-electron chi connectivity index (χ4n) is 1.04. The summed E-state index contributed by atoms with van der Waals surface area (Å²) in [6.45, 7) is 4.09. The Hall–Kier alpha value is -0.340. The lowest BCUT2D eigenvalue weighted by atomic mass is 10.1. The number of aliphatic hydroxyl groups excluding tert-OH is 1. The second kappa shape index (κ2) is 2.99. The maximum Gasteiger partial charge on any atom is 0.0798 e. The van der Waals surface area contributed by atoms with Crippen molar-refractivity contribution in [3.8, 4) is 0 Å². The van der Waals surface area contributed by atoms with Crippen LogP contribution < -0.4 is 0 Å². The van der Waals surface area contributed by atoms with Gasteiger partial charge in [-0.2, -0.15) is 0 Å². The lowest BCUT2D eigenvalue weighted by Gasteiger charge is -2.02. The molecule has 1 aliphatic heterocycles. The van der Waals surface area contributed by atoms with Crippen LogP contribution in [0.25, 0.3) is 0 Å². The molecule has 0 saturated carbocycles. The van der Waals surface area contributed by atoms with Crippen LogP contribution in [-0.4, -0.2) is 23.9 Å². The first kappa shape index (κ1) is 6.78. The van der Waals surface area contributed by atoms with E-state index in [1.54, 1.807) is 0 Å². The van der Waals surface area contributed by atoms with Gasteiger partial charge in [-0.25, -0.2) is 0 Å². The molecule has 0 aromatic carbocycles. The molecule has 0 aromatic rings. The lowest BCUT2D eigenvalue weighted by molar-refractivity contribution is 0.0902. The first-order chi connectivity index (χ1) is 4.33. The van der Waals surface area contributed by atoms with Gasteiger partial charge >= 0.3 is 0 Å². The van der Waals surface area contributed by atoms with Gasteiger partial charge in [0.1, 0.15) is 0 Å². The van der Waals surface area contributed by atoms with Crippen molar-refractivity contribution in [2.75, 3.05) is 6.61 Å². The van der Waals surface area contributed by atoms with Gasteiger partial charge < -0.3 is 9.84 Å². The van der Waals surface area contributed by atoms with E-state index >= 15 is 0 Å². The summed E-state index contributed by atoms with van der Waals surface area (Å²) >= 11 is 0. The summed E-state index contributed by atoms with van der Waals surface area (Å²) in [6, 6.07) is 0. The van der Waals surface area contributed by atoms with Crippen LogP contribution in [0.5, 0.6) is 0 Å². The molecule has 0 bridgehead atoms. The highest BCUT2D eigenvalue weighted by Gasteiger charge is 2.21. The molecule has 0 amide bonds. The van der Waals surface area contributed by atoms with Crippen molar-refractivity contribution in [1.82, 2.24) is 0 Å². The first-order valence-corrected chi connectivity index (χ1v) is 3.23. The van der Waals surface area contributed by atoms with E-state index in [9.17, 15) is 0 Å². The first-order valence-electron chi connectivity index (χ1n) is 3.23. The zero-order valence-electron chi connectivity index (χ0n) is 5.42. The van der Waals surface area contributed by atoms with Crippen molar-refractivity contribution in [2.45, 2.75) is 25.0 Å². The maximum absolute atomic E-state index is 8.97. The maximum atomic E-state index is 8.97. The number of hydrogen-bond acceptors (Lipinski definition) is 2. The molecule has 0 aromatic heterocycles. The van der Waals surface area contributed by atoms with Gasteiger partial charge in [-0.15, -0.1) is 6.58 Å². The lowest BCUT2D eigenvalue weighted by Crippen LogP contribution is -2.04. The molecule has 2 atom stereocenters. The molecule has 1 heterocycles. The minimum Gasteiger partial charge on any atom is -0.391 e. The Balaban J connectivity index is 2.21. The summed E-state index contributed by atoms with van der Waals surface area (Å²) in [5, 5.41) is 8.97. The molecule has 2 nitrogen and oxygen atoms in total. The molecule has 1 aliphatic rings. The molecule has 2 heteroatoms. The van der Waals surface area contributed by atoms with Gasteiger partial charge in [-0.1, -0.05) is 6.08 Å². The van der Waals surface area contributed by atoms with Crippen LogP contribution in [0.1, 0.15) is 12.8 Å². The topological polar surface area (TPSA) is 29.5 Å². The highest BCUT2D eigenvalue weighted by molar-refractivity contribution is 4.79. The Morgan fingerprint density at radius 3 is 3.00 bits per heavy atom. The van der Waals surface area contributed by atoms with Crippen molar-refractivity contribution in [3.05, 3.63) is 12.7 Å². The van der Waals surface area contributed by atoms with E-state index in [2.05, 4.69) is 6.58 Å². The predicted molar refractivity (Wildman–Crippen MR) is 35.2 cm³/mol. The predicted octanol–water partition coefficient (Wildman–Crippen LogP) is 0.712. The van der Waals surface area contributed by atoms with E-state index in [0.717, 1.165) is 12.8 Å². The highest BCUT2D eigenvalue weighted by atomic mass is 16.5. The summed E-state index contributed by atoms with van der Waals surface area (Å²) in [5.74, 6) is 0. The molecular formula is C7H12O2. The van der Waals surface area contributed by atoms with Crippen LogP contribution in [-0.2, 0) is 4.74 Å². The van der Waals surface area contributed by atoms with E-state index < -0.39 is 0 Å². The van der Waals surface area contributed by atoms with Crippen LogP contribution in [0.3, 0.4) is 0 Å². The van der Waals surface area contributed by atoms with Crippen molar-refractivity contribution >= 4 is 0 Å². The SMILES string of the molecule is C=CC[C@H]1C[C@H](O)CO1. The van der Waals surface area contributed by atoms with Gasteiger partial charge in [0, 0.05) is 6.42 Å². The molecule has 0 spiro atoms. The highest BCUT2D eigenvalue weighted by Crippen LogP contribution is 2.15. The van der Waals surface area contributed by atoms with E-state index in [0.29, 0.717) is 6.61 Å². The average molecular weight is 128 g/mol. The molecule has 0 radical (unpaired) electrons. The second-order valence-corrected chi connectivity index (χ2v) is 2.37. The third kappa shape index (κ3) is 1.80. The van der Waals surface area contributed by atoms with Crippen LogP contribution in [0.2, 0.25) is 0 Å². The van der Waals surface area contributed by atoms with Gasteiger partial charge in [0.15, 0.2) is 0 Å². The number of rotatable bonds is 2. The van der Waals surface area contributed by atoms with Crippen molar-refractivity contribution < 1.29 is 9.84 Å². The molecule has 0 aliphatic carbocycles. The summed E-state index contributed by atoms with van der Waals surface area (Å²) < 4.78 is 5.18. The van der Waals surface area contributed by atoms with E-state index in [1.807, 2.05) is 6.08 Å². The molecule has 52 valence electrons. The Labute approximate surface area is 55.1 Å². The molecule has 0 unspecified atom stereocenters. The van der Waals surface area contributed by atoms with E-state index in [1.165, 1.54) is 0 Å².